The molecule has 0 aliphatic heterocycles. The molecule has 1 aromatic carbocycles. The molecule has 10 heteroatoms. The summed E-state index contributed by atoms with van der Waals surface area (Å²) >= 11 is 0. The topological polar surface area (TPSA) is 137 Å². The Morgan fingerprint density at radius 3 is 2.58 bits per heavy atom. The van der Waals surface area contributed by atoms with Crippen molar-refractivity contribution in [3.63, 3.8) is 0 Å². The Hall–Kier alpha value is -3.01. The van der Waals surface area contributed by atoms with Crippen molar-refractivity contribution in [1.82, 2.24) is 15.8 Å². The lowest BCUT2D eigenvalue weighted by atomic mass is 10.1. The van der Waals surface area contributed by atoms with Crippen LogP contribution in [0.25, 0.3) is 11.3 Å². The molecule has 0 fully saturated rings. The summed E-state index contributed by atoms with van der Waals surface area (Å²) in [5.41, 5.74) is -0.0185. The van der Waals surface area contributed by atoms with Crippen molar-refractivity contribution >= 4 is 11.6 Å². The van der Waals surface area contributed by atoms with E-state index in [4.69, 9.17) is 0 Å². The van der Waals surface area contributed by atoms with Crippen molar-refractivity contribution in [3.8, 4) is 11.3 Å². The molecule has 0 aliphatic carbocycles. The summed E-state index contributed by atoms with van der Waals surface area (Å²) in [5, 5.41) is 31.6. The van der Waals surface area contributed by atoms with Gasteiger partial charge in [-0.1, -0.05) is 13.8 Å². The predicted molar refractivity (Wildman–Crippen MR) is 83.0 cm³/mol. The Balaban J connectivity index is 2.15. The molecule has 10 nitrogen and oxygen atoms in total. The van der Waals surface area contributed by atoms with Gasteiger partial charge in [-0.25, -0.2) is 0 Å². The van der Waals surface area contributed by atoms with Crippen LogP contribution in [0, 0.1) is 15.3 Å². The summed E-state index contributed by atoms with van der Waals surface area (Å²) in [4.78, 5) is 22.3. The summed E-state index contributed by atoms with van der Waals surface area (Å²) in [5.74, 6) is -0.634. The van der Waals surface area contributed by atoms with Gasteiger partial charge in [0, 0.05) is 42.0 Å². The van der Waals surface area contributed by atoms with Gasteiger partial charge in [0.05, 0.1) is 4.92 Å². The molecule has 2 N–H and O–H groups in total. The number of rotatable bonds is 7. The first kappa shape index (κ1) is 17.3. The summed E-state index contributed by atoms with van der Waals surface area (Å²) in [6, 6.07) is 5.58. The van der Waals surface area contributed by atoms with Crippen molar-refractivity contribution < 1.29 is 19.2 Å². The van der Waals surface area contributed by atoms with E-state index in [9.17, 15) is 20.1 Å². The third-order valence-corrected chi connectivity index (χ3v) is 3.14. The number of hydrogen-bond acceptors (Lipinski definition) is 7. The summed E-state index contributed by atoms with van der Waals surface area (Å²) in [7, 11) is 0. The van der Waals surface area contributed by atoms with Crippen molar-refractivity contribution in [2.45, 2.75) is 19.9 Å². The number of nitro groups is 1. The van der Waals surface area contributed by atoms with Gasteiger partial charge >= 0.3 is 0 Å². The van der Waals surface area contributed by atoms with E-state index < -0.39 is 10.8 Å². The molecule has 0 aliphatic rings. The van der Waals surface area contributed by atoms with Gasteiger partial charge in [0.25, 0.3) is 23.0 Å². The highest BCUT2D eigenvalue weighted by Gasteiger charge is 2.28. The second kappa shape index (κ2) is 7.51. The maximum atomic E-state index is 12.2. The van der Waals surface area contributed by atoms with Crippen molar-refractivity contribution in [2.24, 2.45) is 0 Å². The van der Waals surface area contributed by atoms with Crippen LogP contribution in [0.3, 0.4) is 0 Å². The monoisotopic (exact) mass is 335 g/mol. The zero-order valence-electron chi connectivity index (χ0n) is 13.2. The van der Waals surface area contributed by atoms with Gasteiger partial charge in [0.1, 0.15) is 0 Å². The van der Waals surface area contributed by atoms with E-state index in [-0.39, 0.29) is 28.0 Å². The Morgan fingerprint density at radius 2 is 2.00 bits per heavy atom. The second-order valence-electron chi connectivity index (χ2n) is 5.30. The van der Waals surface area contributed by atoms with E-state index in [0.717, 1.165) is 0 Å². The van der Waals surface area contributed by atoms with Crippen LogP contribution in [0.5, 0.6) is 0 Å². The van der Waals surface area contributed by atoms with Crippen molar-refractivity contribution in [1.29, 1.82) is 0 Å². The first-order chi connectivity index (χ1) is 11.4. The number of amides is 1. The number of hydrogen-bond donors (Lipinski definition) is 2. The standard InChI is InChI=1S/C14H17N5O5/c1-9(2)15-7-8-16-14(20)13-12(17-24-19(13)23)10-3-5-11(6-4-10)18(21)22/h3-6,9,15H,7-8H2,1-2H3,(H,16,20). The number of carbonyl (C=O) groups excluding carboxylic acids is 1. The van der Waals surface area contributed by atoms with E-state index in [1.807, 2.05) is 13.8 Å². The fourth-order valence-corrected chi connectivity index (χ4v) is 1.99. The van der Waals surface area contributed by atoms with Crippen molar-refractivity contribution in [3.05, 3.63) is 45.3 Å². The van der Waals surface area contributed by atoms with Gasteiger partial charge in [0.2, 0.25) is 0 Å². The molecule has 2 aromatic rings. The molecule has 24 heavy (non-hydrogen) atoms. The first-order valence-corrected chi connectivity index (χ1v) is 7.26. The van der Waals surface area contributed by atoms with Crippen LogP contribution < -0.4 is 15.5 Å². The zero-order valence-corrected chi connectivity index (χ0v) is 13.2. The summed E-state index contributed by atoms with van der Waals surface area (Å²) in [6.45, 7) is 4.81. The SMILES string of the molecule is CC(C)NCCNC(=O)c1c(-c2ccc([N+](=O)[O-])cc2)no[n+]1[O-]. The molecule has 0 saturated heterocycles. The van der Waals surface area contributed by atoms with Crippen LogP contribution >= 0.6 is 0 Å². The van der Waals surface area contributed by atoms with Crippen LogP contribution in [-0.4, -0.2) is 35.1 Å². The lowest BCUT2D eigenvalue weighted by Crippen LogP contribution is -2.40. The molecule has 1 heterocycles. The van der Waals surface area contributed by atoms with E-state index in [2.05, 4.69) is 20.4 Å². The molecular formula is C14H17N5O5. The number of carbonyl (C=O) groups is 1. The smallest absolute Gasteiger partial charge is 0.300 e. The Morgan fingerprint density at radius 1 is 1.33 bits per heavy atom. The average molecular weight is 335 g/mol. The normalized spacial score (nSPS) is 10.8. The van der Waals surface area contributed by atoms with Gasteiger partial charge in [-0.05, 0) is 17.0 Å². The third-order valence-electron chi connectivity index (χ3n) is 3.14. The first-order valence-electron chi connectivity index (χ1n) is 7.26. The molecule has 0 spiro atoms. The Labute approximate surface area is 137 Å². The maximum absolute atomic E-state index is 12.2. The van der Waals surface area contributed by atoms with Crippen LogP contribution in [-0.2, 0) is 0 Å². The van der Waals surface area contributed by atoms with Gasteiger partial charge in [-0.15, -0.1) is 0 Å². The Kier molecular flexibility index (Phi) is 5.42. The highest BCUT2D eigenvalue weighted by molar-refractivity contribution is 5.96. The predicted octanol–water partition coefficient (Wildman–Crippen LogP) is 0.611. The minimum atomic E-state index is -0.634. The molecule has 1 amide bonds. The molecular weight excluding hydrogens is 318 g/mol. The highest BCUT2D eigenvalue weighted by Crippen LogP contribution is 2.22. The van der Waals surface area contributed by atoms with E-state index in [1.54, 1.807) is 0 Å². The molecule has 2 rings (SSSR count). The third kappa shape index (κ3) is 4.04. The average Bonchev–Trinajstić information content (AvgIpc) is 2.93. The summed E-state index contributed by atoms with van der Waals surface area (Å²) < 4.78 is 4.49. The van der Waals surface area contributed by atoms with Gasteiger partial charge < -0.3 is 15.8 Å². The number of aromatic nitrogens is 2. The quantitative estimate of drug-likeness (QED) is 0.327. The van der Waals surface area contributed by atoms with Crippen LogP contribution in [0.2, 0.25) is 0 Å². The highest BCUT2D eigenvalue weighted by atomic mass is 16.8. The number of nitrogens with one attached hydrogen (secondary N) is 2. The van der Waals surface area contributed by atoms with Crippen LogP contribution in [0.1, 0.15) is 24.3 Å². The largest absolute Gasteiger partial charge is 0.359 e. The maximum Gasteiger partial charge on any atom is 0.300 e. The van der Waals surface area contributed by atoms with E-state index >= 15 is 0 Å². The molecule has 0 radical (unpaired) electrons. The fraction of sp³-hybridized carbons (Fsp3) is 0.357. The molecule has 0 bridgehead atoms. The lowest BCUT2D eigenvalue weighted by Gasteiger charge is -2.08. The minimum Gasteiger partial charge on any atom is -0.359 e. The number of benzene rings is 1. The van der Waals surface area contributed by atoms with Crippen molar-refractivity contribution in [2.75, 3.05) is 13.1 Å². The molecule has 0 atom stereocenters. The number of non-ortho nitro benzene ring substituents is 1. The Bertz CT molecular complexity index is 726. The fourth-order valence-electron chi connectivity index (χ4n) is 1.99. The number of nitrogens with zero attached hydrogens (tertiary/aromatic N) is 3. The molecule has 0 unspecified atom stereocenters. The minimum absolute atomic E-state index is 0.0158. The molecule has 128 valence electrons. The van der Waals surface area contributed by atoms with Crippen LogP contribution in [0.15, 0.2) is 28.9 Å². The molecule has 1 aromatic heterocycles. The van der Waals surface area contributed by atoms with Crippen LogP contribution in [0.4, 0.5) is 5.69 Å². The van der Waals surface area contributed by atoms with Gasteiger partial charge in [0.15, 0.2) is 0 Å². The van der Waals surface area contributed by atoms with Gasteiger partial charge in [-0.3, -0.25) is 19.5 Å². The van der Waals surface area contributed by atoms with E-state index in [1.165, 1.54) is 24.3 Å². The van der Waals surface area contributed by atoms with E-state index in [0.29, 0.717) is 18.7 Å². The van der Waals surface area contributed by atoms with Gasteiger partial charge in [-0.2, -0.15) is 0 Å². The summed E-state index contributed by atoms with van der Waals surface area (Å²) in [6.07, 6.45) is 0. The second-order valence-corrected chi connectivity index (χ2v) is 5.30. The zero-order chi connectivity index (χ0) is 17.7. The lowest BCUT2D eigenvalue weighted by molar-refractivity contribution is -0.803. The number of nitro benzene ring substituents is 1. The molecule has 0 saturated carbocycles.